The third kappa shape index (κ3) is 5.68. The molecule has 0 bridgehead atoms. The van der Waals surface area contributed by atoms with Gasteiger partial charge < -0.3 is 20.3 Å². The molecule has 1 saturated heterocycles. The number of fused-ring (bicyclic) bond motifs is 2. The quantitative estimate of drug-likeness (QED) is 0.249. The second-order valence-electron chi connectivity index (χ2n) is 11.0. The molecule has 3 aromatic heterocycles. The Kier molecular flexibility index (Phi) is 7.58. The van der Waals surface area contributed by atoms with Crippen molar-refractivity contribution < 1.29 is 9.53 Å². The number of aromatic nitrogens is 7. The maximum atomic E-state index is 12.0. The molecule has 6 rings (SSSR count). The lowest BCUT2D eigenvalue weighted by molar-refractivity contribution is -0.118. The Bertz CT molecular complexity index is 1820. The number of piperidine rings is 1. The number of hydrogen-bond acceptors (Lipinski definition) is 10. The molecule has 2 aromatic carbocycles. The van der Waals surface area contributed by atoms with E-state index in [1.54, 1.807) is 10.9 Å². The van der Waals surface area contributed by atoms with Crippen molar-refractivity contribution >= 4 is 45.4 Å². The average molecular weight is 579 g/mol. The van der Waals surface area contributed by atoms with Gasteiger partial charge in [0.1, 0.15) is 34.4 Å². The van der Waals surface area contributed by atoms with Crippen LogP contribution in [-0.4, -0.2) is 60.0 Å². The number of nitrogens with zero attached hydrogens (tertiary/aromatic N) is 8. The summed E-state index contributed by atoms with van der Waals surface area (Å²) in [6.07, 6.45) is 5.48. The SMILES string of the molecule is C=CC(=O)N[C@H]1[C@@H](CC)CN(c2ncc3ncnc(Nc4ccc(Oc5ccc6c(c5)nnn6C)c(C)c4)c3n2)C[C@H]1C. The van der Waals surface area contributed by atoms with Gasteiger partial charge in [-0.25, -0.2) is 24.6 Å². The molecule has 4 heterocycles. The van der Waals surface area contributed by atoms with Gasteiger partial charge in [-0.3, -0.25) is 4.79 Å². The Morgan fingerprint density at radius 1 is 1.14 bits per heavy atom. The predicted molar refractivity (Wildman–Crippen MR) is 165 cm³/mol. The molecule has 1 aliphatic rings. The van der Waals surface area contributed by atoms with Crippen LogP contribution in [0.4, 0.5) is 17.5 Å². The minimum Gasteiger partial charge on any atom is -0.457 e. The van der Waals surface area contributed by atoms with E-state index >= 15 is 0 Å². The molecule has 1 amide bonds. The van der Waals surface area contributed by atoms with Gasteiger partial charge in [-0.1, -0.05) is 25.6 Å². The molecule has 0 radical (unpaired) electrons. The topological polar surface area (TPSA) is 136 Å². The lowest BCUT2D eigenvalue weighted by Gasteiger charge is -2.42. The number of anilines is 3. The average Bonchev–Trinajstić information content (AvgIpc) is 3.38. The Labute approximate surface area is 249 Å². The summed E-state index contributed by atoms with van der Waals surface area (Å²) in [5.41, 5.74) is 4.78. The number of amides is 1. The minimum atomic E-state index is -0.142. The number of nitrogens with one attached hydrogen (secondary N) is 2. The van der Waals surface area contributed by atoms with E-state index in [-0.39, 0.29) is 23.8 Å². The molecule has 12 heteroatoms. The highest BCUT2D eigenvalue weighted by Crippen LogP contribution is 2.32. The molecule has 220 valence electrons. The first-order valence-corrected chi connectivity index (χ1v) is 14.3. The first-order chi connectivity index (χ1) is 20.8. The van der Waals surface area contributed by atoms with E-state index in [2.05, 4.69) is 61.2 Å². The van der Waals surface area contributed by atoms with E-state index in [4.69, 9.17) is 9.72 Å². The standard InChI is InChI=1S/C31H34N10O2/c1-6-20-16-41(15-19(4)28(20)36-27(42)7-2)31-32-14-24-29(37-31)30(34-17-33-24)35-21-8-11-26(18(3)12-21)43-22-9-10-25-23(13-22)38-39-40(25)5/h7-14,17,19-20,28H,2,6,15-16H2,1,3-5H3,(H,36,42)(H,33,34,35)/t19-,20+,28-/m1/s1. The lowest BCUT2D eigenvalue weighted by Crippen LogP contribution is -2.55. The van der Waals surface area contributed by atoms with Gasteiger partial charge in [-0.15, -0.1) is 5.10 Å². The highest BCUT2D eigenvalue weighted by molar-refractivity contribution is 5.88. The van der Waals surface area contributed by atoms with Crippen molar-refractivity contribution in [3.8, 4) is 11.5 Å². The van der Waals surface area contributed by atoms with Crippen LogP contribution < -0.4 is 20.3 Å². The van der Waals surface area contributed by atoms with Gasteiger partial charge >= 0.3 is 0 Å². The summed E-state index contributed by atoms with van der Waals surface area (Å²) in [5.74, 6) is 2.94. The van der Waals surface area contributed by atoms with Gasteiger partial charge in [0.2, 0.25) is 11.9 Å². The maximum Gasteiger partial charge on any atom is 0.243 e. The summed E-state index contributed by atoms with van der Waals surface area (Å²) >= 11 is 0. The molecule has 5 aromatic rings. The summed E-state index contributed by atoms with van der Waals surface area (Å²) in [7, 11) is 1.86. The van der Waals surface area contributed by atoms with Crippen LogP contribution in [0.2, 0.25) is 0 Å². The van der Waals surface area contributed by atoms with E-state index in [1.165, 1.54) is 12.4 Å². The van der Waals surface area contributed by atoms with Gasteiger partial charge in [0.05, 0.1) is 11.7 Å². The Balaban J connectivity index is 1.21. The summed E-state index contributed by atoms with van der Waals surface area (Å²) in [6.45, 7) is 11.3. The predicted octanol–water partition coefficient (Wildman–Crippen LogP) is 4.70. The first kappa shape index (κ1) is 28.0. The molecular weight excluding hydrogens is 544 g/mol. The van der Waals surface area contributed by atoms with Crippen molar-refractivity contribution in [3.63, 3.8) is 0 Å². The maximum absolute atomic E-state index is 12.0. The van der Waals surface area contributed by atoms with E-state index in [0.717, 1.165) is 41.0 Å². The Morgan fingerprint density at radius 3 is 2.79 bits per heavy atom. The highest BCUT2D eigenvalue weighted by Gasteiger charge is 2.35. The second-order valence-corrected chi connectivity index (χ2v) is 11.0. The Morgan fingerprint density at radius 2 is 2.00 bits per heavy atom. The molecule has 1 aliphatic heterocycles. The zero-order chi connectivity index (χ0) is 30.1. The van der Waals surface area contributed by atoms with Gasteiger partial charge in [0.15, 0.2) is 5.82 Å². The fourth-order valence-corrected chi connectivity index (χ4v) is 5.70. The van der Waals surface area contributed by atoms with Crippen LogP contribution in [0.5, 0.6) is 11.5 Å². The molecule has 43 heavy (non-hydrogen) atoms. The van der Waals surface area contributed by atoms with Crippen LogP contribution >= 0.6 is 0 Å². The normalized spacial score (nSPS) is 18.5. The van der Waals surface area contributed by atoms with Gasteiger partial charge in [0, 0.05) is 37.9 Å². The highest BCUT2D eigenvalue weighted by atomic mass is 16.5. The molecule has 0 aliphatic carbocycles. The monoisotopic (exact) mass is 578 g/mol. The number of carbonyl (C=O) groups is 1. The molecular formula is C31H34N10O2. The van der Waals surface area contributed by atoms with Crippen LogP contribution in [0.25, 0.3) is 22.1 Å². The van der Waals surface area contributed by atoms with Crippen LogP contribution in [-0.2, 0) is 11.8 Å². The number of benzene rings is 2. The van der Waals surface area contributed by atoms with Crippen LogP contribution in [0.3, 0.4) is 0 Å². The lowest BCUT2D eigenvalue weighted by atomic mass is 9.83. The van der Waals surface area contributed by atoms with Crippen LogP contribution in [0.15, 0.2) is 61.6 Å². The number of ether oxygens (including phenoxy) is 1. The van der Waals surface area contributed by atoms with Crippen LogP contribution in [0, 0.1) is 18.8 Å². The number of carbonyl (C=O) groups excluding carboxylic acids is 1. The van der Waals surface area contributed by atoms with Gasteiger partial charge in [-0.05, 0) is 67.2 Å². The molecule has 0 unspecified atom stereocenters. The third-order valence-electron chi connectivity index (χ3n) is 8.00. The number of hydrogen-bond donors (Lipinski definition) is 2. The molecule has 12 nitrogen and oxygen atoms in total. The van der Waals surface area contributed by atoms with Crippen molar-refractivity contribution in [1.82, 2.24) is 40.2 Å². The summed E-state index contributed by atoms with van der Waals surface area (Å²) in [4.78, 5) is 32.7. The molecule has 1 fully saturated rings. The van der Waals surface area contributed by atoms with Crippen LogP contribution in [0.1, 0.15) is 25.8 Å². The van der Waals surface area contributed by atoms with Gasteiger partial charge in [0.25, 0.3) is 0 Å². The zero-order valence-corrected chi connectivity index (χ0v) is 24.7. The van der Waals surface area contributed by atoms with E-state index in [0.29, 0.717) is 35.1 Å². The van der Waals surface area contributed by atoms with Crippen molar-refractivity contribution in [2.45, 2.75) is 33.2 Å². The van der Waals surface area contributed by atoms with Crippen molar-refractivity contribution in [2.75, 3.05) is 23.3 Å². The van der Waals surface area contributed by atoms with E-state index in [1.807, 2.05) is 50.4 Å². The van der Waals surface area contributed by atoms with E-state index < -0.39 is 0 Å². The molecule has 0 saturated carbocycles. The summed E-state index contributed by atoms with van der Waals surface area (Å²) in [6, 6.07) is 11.7. The molecule has 3 atom stereocenters. The summed E-state index contributed by atoms with van der Waals surface area (Å²) in [5, 5.41) is 14.8. The molecule has 0 spiro atoms. The van der Waals surface area contributed by atoms with Crippen molar-refractivity contribution in [1.29, 1.82) is 0 Å². The summed E-state index contributed by atoms with van der Waals surface area (Å²) < 4.78 is 7.89. The number of rotatable bonds is 8. The first-order valence-electron chi connectivity index (χ1n) is 14.3. The van der Waals surface area contributed by atoms with Crippen molar-refractivity contribution in [3.05, 3.63) is 67.1 Å². The minimum absolute atomic E-state index is 0.0675. The van der Waals surface area contributed by atoms with E-state index in [9.17, 15) is 4.79 Å². The smallest absolute Gasteiger partial charge is 0.243 e. The Hall–Kier alpha value is -5.13. The largest absolute Gasteiger partial charge is 0.457 e. The fourth-order valence-electron chi connectivity index (χ4n) is 5.70. The van der Waals surface area contributed by atoms with Gasteiger partial charge in [-0.2, -0.15) is 0 Å². The fraction of sp³-hybridized carbons (Fsp3) is 0.323. The number of aryl methyl sites for hydroxylation is 2. The zero-order valence-electron chi connectivity index (χ0n) is 24.7. The third-order valence-corrected chi connectivity index (χ3v) is 8.00. The molecule has 2 N–H and O–H groups in total. The second kappa shape index (κ2) is 11.6. The van der Waals surface area contributed by atoms with Crippen molar-refractivity contribution in [2.24, 2.45) is 18.9 Å².